The standard InChI is InChI=1S/C12H21N3O/c1-2-11(13)12-7-14-9-15(12)5-3-10-4-6-16-8-10/h7,9-11H,2-6,8,13H2,1H3/t10?,11-/m1/s1. The minimum absolute atomic E-state index is 0.113. The van der Waals surface area contributed by atoms with Gasteiger partial charge in [0.2, 0.25) is 0 Å². The van der Waals surface area contributed by atoms with Crippen LogP contribution < -0.4 is 5.73 Å². The Morgan fingerprint density at radius 2 is 2.56 bits per heavy atom. The molecule has 2 N–H and O–H groups in total. The van der Waals surface area contributed by atoms with Crippen molar-refractivity contribution in [3.63, 3.8) is 0 Å². The molecule has 16 heavy (non-hydrogen) atoms. The second kappa shape index (κ2) is 5.46. The molecule has 2 rings (SSSR count). The SMILES string of the molecule is CC[C@@H](N)c1cncn1CCC1CCOC1. The topological polar surface area (TPSA) is 53.1 Å². The zero-order valence-corrected chi connectivity index (χ0v) is 9.93. The van der Waals surface area contributed by atoms with E-state index in [4.69, 9.17) is 10.5 Å². The van der Waals surface area contributed by atoms with E-state index >= 15 is 0 Å². The maximum absolute atomic E-state index is 6.04. The number of imidazole rings is 1. The van der Waals surface area contributed by atoms with E-state index in [0.29, 0.717) is 5.92 Å². The molecule has 0 radical (unpaired) electrons. The van der Waals surface area contributed by atoms with Crippen molar-refractivity contribution in [2.45, 2.75) is 38.8 Å². The van der Waals surface area contributed by atoms with Gasteiger partial charge in [0, 0.05) is 32.0 Å². The van der Waals surface area contributed by atoms with Crippen LogP contribution in [0.25, 0.3) is 0 Å². The molecular formula is C12H21N3O. The fraction of sp³-hybridized carbons (Fsp3) is 0.750. The summed E-state index contributed by atoms with van der Waals surface area (Å²) in [6.45, 7) is 4.96. The highest BCUT2D eigenvalue weighted by Crippen LogP contribution is 2.19. The molecule has 1 aliphatic heterocycles. The van der Waals surface area contributed by atoms with Gasteiger partial charge in [-0.25, -0.2) is 4.98 Å². The van der Waals surface area contributed by atoms with Crippen LogP contribution in [-0.4, -0.2) is 22.8 Å². The predicted octanol–water partition coefficient (Wildman–Crippen LogP) is 1.72. The molecule has 1 aliphatic rings. The molecule has 2 heterocycles. The minimum atomic E-state index is 0.113. The fourth-order valence-electron chi connectivity index (χ4n) is 2.17. The van der Waals surface area contributed by atoms with Crippen molar-refractivity contribution >= 4 is 0 Å². The lowest BCUT2D eigenvalue weighted by Crippen LogP contribution is -2.15. The molecule has 4 nitrogen and oxygen atoms in total. The summed E-state index contributed by atoms with van der Waals surface area (Å²) >= 11 is 0. The van der Waals surface area contributed by atoms with Crippen molar-refractivity contribution in [3.8, 4) is 0 Å². The summed E-state index contributed by atoms with van der Waals surface area (Å²) in [5.74, 6) is 0.716. The van der Waals surface area contributed by atoms with Crippen molar-refractivity contribution in [2.24, 2.45) is 11.7 Å². The zero-order valence-electron chi connectivity index (χ0n) is 9.93. The monoisotopic (exact) mass is 223 g/mol. The molecule has 1 unspecified atom stereocenters. The molecule has 0 aliphatic carbocycles. The van der Waals surface area contributed by atoms with Crippen molar-refractivity contribution in [3.05, 3.63) is 18.2 Å². The molecule has 0 aromatic carbocycles. The molecule has 1 fully saturated rings. The lowest BCUT2D eigenvalue weighted by atomic mass is 10.1. The Balaban J connectivity index is 1.90. The first-order valence-corrected chi connectivity index (χ1v) is 6.14. The quantitative estimate of drug-likeness (QED) is 0.827. The molecule has 1 aromatic rings. The van der Waals surface area contributed by atoms with Crippen molar-refractivity contribution in [1.29, 1.82) is 0 Å². The molecule has 1 saturated heterocycles. The van der Waals surface area contributed by atoms with Crippen LogP contribution in [0.1, 0.15) is 37.9 Å². The van der Waals surface area contributed by atoms with Gasteiger partial charge in [-0.15, -0.1) is 0 Å². The third-order valence-corrected chi connectivity index (χ3v) is 3.37. The van der Waals surface area contributed by atoms with Gasteiger partial charge < -0.3 is 15.0 Å². The molecule has 0 spiro atoms. The Kier molecular flexibility index (Phi) is 3.96. The number of rotatable bonds is 5. The van der Waals surface area contributed by atoms with E-state index in [9.17, 15) is 0 Å². The van der Waals surface area contributed by atoms with Crippen LogP contribution in [0.15, 0.2) is 12.5 Å². The van der Waals surface area contributed by atoms with E-state index < -0.39 is 0 Å². The van der Waals surface area contributed by atoms with E-state index in [-0.39, 0.29) is 6.04 Å². The van der Waals surface area contributed by atoms with E-state index in [1.807, 2.05) is 12.5 Å². The molecule has 90 valence electrons. The smallest absolute Gasteiger partial charge is 0.0948 e. The van der Waals surface area contributed by atoms with Gasteiger partial charge in [0.25, 0.3) is 0 Å². The molecule has 0 amide bonds. The van der Waals surface area contributed by atoms with Gasteiger partial charge in [-0.05, 0) is 25.2 Å². The Morgan fingerprint density at radius 3 is 3.25 bits per heavy atom. The van der Waals surface area contributed by atoms with Crippen LogP contribution in [0.4, 0.5) is 0 Å². The normalized spacial score (nSPS) is 22.5. The summed E-state index contributed by atoms with van der Waals surface area (Å²) in [5, 5.41) is 0. The van der Waals surface area contributed by atoms with Crippen LogP contribution in [0.2, 0.25) is 0 Å². The van der Waals surface area contributed by atoms with E-state index in [1.54, 1.807) is 0 Å². The number of hydrogen-bond acceptors (Lipinski definition) is 3. The second-order valence-electron chi connectivity index (χ2n) is 4.54. The average Bonchev–Trinajstić information content (AvgIpc) is 2.96. The van der Waals surface area contributed by atoms with Crippen molar-refractivity contribution < 1.29 is 4.74 Å². The van der Waals surface area contributed by atoms with Gasteiger partial charge in [0.1, 0.15) is 0 Å². The molecular weight excluding hydrogens is 202 g/mol. The first-order chi connectivity index (χ1) is 7.81. The van der Waals surface area contributed by atoms with E-state index in [0.717, 1.165) is 31.9 Å². The summed E-state index contributed by atoms with van der Waals surface area (Å²) in [5.41, 5.74) is 7.19. The largest absolute Gasteiger partial charge is 0.381 e. The summed E-state index contributed by atoms with van der Waals surface area (Å²) < 4.78 is 7.56. The lowest BCUT2D eigenvalue weighted by Gasteiger charge is -2.14. The van der Waals surface area contributed by atoms with Gasteiger partial charge in [0.15, 0.2) is 0 Å². The zero-order chi connectivity index (χ0) is 11.4. The summed E-state index contributed by atoms with van der Waals surface area (Å²) in [4.78, 5) is 4.19. The maximum Gasteiger partial charge on any atom is 0.0948 e. The number of aryl methyl sites for hydroxylation is 1. The highest BCUT2D eigenvalue weighted by atomic mass is 16.5. The number of hydrogen-bond donors (Lipinski definition) is 1. The van der Waals surface area contributed by atoms with Crippen molar-refractivity contribution in [1.82, 2.24) is 9.55 Å². The Hall–Kier alpha value is -0.870. The Labute approximate surface area is 96.8 Å². The molecule has 0 bridgehead atoms. The predicted molar refractivity (Wildman–Crippen MR) is 63.0 cm³/mol. The van der Waals surface area contributed by atoms with Gasteiger partial charge >= 0.3 is 0 Å². The Morgan fingerprint density at radius 1 is 1.69 bits per heavy atom. The highest BCUT2D eigenvalue weighted by Gasteiger charge is 2.16. The van der Waals surface area contributed by atoms with E-state index in [2.05, 4.69) is 16.5 Å². The third-order valence-electron chi connectivity index (χ3n) is 3.37. The van der Waals surface area contributed by atoms with Gasteiger partial charge in [-0.1, -0.05) is 6.92 Å². The van der Waals surface area contributed by atoms with Crippen LogP contribution in [-0.2, 0) is 11.3 Å². The molecule has 0 saturated carbocycles. The van der Waals surface area contributed by atoms with Crippen LogP contribution in [0, 0.1) is 5.92 Å². The first-order valence-electron chi connectivity index (χ1n) is 6.14. The number of nitrogens with two attached hydrogens (primary N) is 1. The molecule has 1 aromatic heterocycles. The van der Waals surface area contributed by atoms with Gasteiger partial charge in [-0.3, -0.25) is 0 Å². The minimum Gasteiger partial charge on any atom is -0.381 e. The van der Waals surface area contributed by atoms with E-state index in [1.165, 1.54) is 12.8 Å². The lowest BCUT2D eigenvalue weighted by molar-refractivity contribution is 0.183. The summed E-state index contributed by atoms with van der Waals surface area (Å²) in [7, 11) is 0. The second-order valence-corrected chi connectivity index (χ2v) is 4.54. The fourth-order valence-corrected chi connectivity index (χ4v) is 2.17. The number of aromatic nitrogens is 2. The van der Waals surface area contributed by atoms with Crippen LogP contribution >= 0.6 is 0 Å². The maximum atomic E-state index is 6.04. The third kappa shape index (κ3) is 2.62. The van der Waals surface area contributed by atoms with Crippen LogP contribution in [0.3, 0.4) is 0 Å². The summed E-state index contributed by atoms with van der Waals surface area (Å²) in [6.07, 6.45) is 7.10. The summed E-state index contributed by atoms with van der Waals surface area (Å²) in [6, 6.07) is 0.113. The Bertz CT molecular complexity index is 318. The molecule has 4 heteroatoms. The van der Waals surface area contributed by atoms with Crippen LogP contribution in [0.5, 0.6) is 0 Å². The average molecular weight is 223 g/mol. The molecule has 2 atom stereocenters. The highest BCUT2D eigenvalue weighted by molar-refractivity contribution is 5.04. The van der Waals surface area contributed by atoms with Gasteiger partial charge in [-0.2, -0.15) is 0 Å². The number of ether oxygens (including phenoxy) is 1. The first kappa shape index (κ1) is 11.6. The number of nitrogens with zero attached hydrogens (tertiary/aromatic N) is 2. The van der Waals surface area contributed by atoms with Gasteiger partial charge in [0.05, 0.1) is 12.0 Å². The van der Waals surface area contributed by atoms with Crippen molar-refractivity contribution in [2.75, 3.05) is 13.2 Å².